The van der Waals surface area contributed by atoms with Gasteiger partial charge in [-0.15, -0.1) is 0 Å². The summed E-state index contributed by atoms with van der Waals surface area (Å²) >= 11 is 0. The number of rotatable bonds is 5. The van der Waals surface area contributed by atoms with Crippen LogP contribution in [0.3, 0.4) is 0 Å². The third-order valence-corrected chi connectivity index (χ3v) is 7.03. The Morgan fingerprint density at radius 3 is 2.38 bits per heavy atom. The van der Waals surface area contributed by atoms with Crippen LogP contribution in [0.2, 0.25) is 0 Å². The van der Waals surface area contributed by atoms with E-state index < -0.39 is 0 Å². The Balaban J connectivity index is 1.50. The van der Waals surface area contributed by atoms with E-state index in [4.69, 9.17) is 0 Å². The van der Waals surface area contributed by atoms with Gasteiger partial charge in [0.05, 0.1) is 5.41 Å². The van der Waals surface area contributed by atoms with Crippen molar-refractivity contribution in [3.8, 4) is 0 Å². The molecule has 7 nitrogen and oxygen atoms in total. The van der Waals surface area contributed by atoms with Crippen molar-refractivity contribution in [3.05, 3.63) is 0 Å². The Morgan fingerprint density at radius 1 is 1.07 bits per heavy atom. The first-order valence-electron chi connectivity index (χ1n) is 11.4. The van der Waals surface area contributed by atoms with Gasteiger partial charge in [0.25, 0.3) is 0 Å². The van der Waals surface area contributed by atoms with E-state index in [0.29, 0.717) is 12.5 Å². The number of hydrogen-bond acceptors (Lipinski definition) is 3. The number of aliphatic imine (C=N–C) groups is 1. The van der Waals surface area contributed by atoms with E-state index in [1.54, 1.807) is 11.9 Å². The van der Waals surface area contributed by atoms with Gasteiger partial charge in [0, 0.05) is 52.7 Å². The lowest BCUT2D eigenvalue weighted by Crippen LogP contribution is -2.51. The number of nitrogens with zero attached hydrogens (tertiary/aromatic N) is 3. The first-order valence-corrected chi connectivity index (χ1v) is 11.4. The van der Waals surface area contributed by atoms with Crippen LogP contribution in [0, 0.1) is 11.3 Å². The molecule has 3 rings (SSSR count). The van der Waals surface area contributed by atoms with Crippen LogP contribution in [0.25, 0.3) is 0 Å². The summed E-state index contributed by atoms with van der Waals surface area (Å²) in [6.45, 7) is 2.19. The minimum absolute atomic E-state index is 0.211. The van der Waals surface area contributed by atoms with Crippen LogP contribution < -0.4 is 10.6 Å². The Bertz CT molecular complexity index is 606. The SMILES string of the molecule is CN=C(NCC1(C(=O)N(C)C)CCCC1)NC1CCN(C(=O)C2CCCCC2)C1. The van der Waals surface area contributed by atoms with Gasteiger partial charge in [0.15, 0.2) is 5.96 Å². The molecule has 1 heterocycles. The van der Waals surface area contributed by atoms with Gasteiger partial charge >= 0.3 is 0 Å². The molecular weight excluding hydrogens is 366 g/mol. The summed E-state index contributed by atoms with van der Waals surface area (Å²) < 4.78 is 0. The highest BCUT2D eigenvalue weighted by Gasteiger charge is 2.42. The normalized spacial score (nSPS) is 25.1. The zero-order valence-electron chi connectivity index (χ0n) is 18.5. The van der Waals surface area contributed by atoms with E-state index in [1.807, 2.05) is 19.0 Å². The van der Waals surface area contributed by atoms with Gasteiger partial charge in [0.1, 0.15) is 0 Å². The molecule has 0 aromatic carbocycles. The minimum Gasteiger partial charge on any atom is -0.355 e. The van der Waals surface area contributed by atoms with Crippen molar-refractivity contribution in [2.75, 3.05) is 40.8 Å². The molecule has 0 radical (unpaired) electrons. The summed E-state index contributed by atoms with van der Waals surface area (Å²) in [5.41, 5.74) is -0.320. The Morgan fingerprint density at radius 2 is 1.76 bits per heavy atom. The second kappa shape index (κ2) is 9.81. The molecule has 1 aliphatic heterocycles. The van der Waals surface area contributed by atoms with Gasteiger partial charge in [0.2, 0.25) is 11.8 Å². The average Bonchev–Trinajstić information content (AvgIpc) is 3.41. The maximum atomic E-state index is 12.8. The molecule has 29 heavy (non-hydrogen) atoms. The molecule has 3 fully saturated rings. The Labute approximate surface area is 175 Å². The first-order chi connectivity index (χ1) is 13.9. The molecule has 0 aromatic heterocycles. The van der Waals surface area contributed by atoms with Crippen molar-refractivity contribution in [1.29, 1.82) is 0 Å². The molecule has 1 atom stereocenters. The maximum absolute atomic E-state index is 12.8. The van der Waals surface area contributed by atoms with Crippen LogP contribution in [-0.2, 0) is 9.59 Å². The molecule has 2 N–H and O–H groups in total. The van der Waals surface area contributed by atoms with Gasteiger partial charge in [-0.2, -0.15) is 0 Å². The molecule has 0 bridgehead atoms. The molecule has 0 aromatic rings. The predicted octanol–water partition coefficient (Wildman–Crippen LogP) is 1.98. The lowest BCUT2D eigenvalue weighted by Gasteiger charge is -2.31. The molecule has 2 amide bonds. The Kier molecular flexibility index (Phi) is 7.41. The topological polar surface area (TPSA) is 77.0 Å². The fourth-order valence-corrected chi connectivity index (χ4v) is 5.32. The Hall–Kier alpha value is -1.79. The third kappa shape index (κ3) is 5.23. The molecule has 0 spiro atoms. The highest BCUT2D eigenvalue weighted by molar-refractivity contribution is 5.85. The number of nitrogens with one attached hydrogen (secondary N) is 2. The number of hydrogen-bond donors (Lipinski definition) is 2. The van der Waals surface area contributed by atoms with Crippen LogP contribution in [-0.4, -0.2) is 74.4 Å². The minimum atomic E-state index is -0.320. The number of likely N-dealkylation sites (tertiary alicyclic amines) is 1. The molecular formula is C22H39N5O2. The van der Waals surface area contributed by atoms with E-state index in [1.165, 1.54) is 19.3 Å². The van der Waals surface area contributed by atoms with Gasteiger partial charge in [-0.05, 0) is 32.1 Å². The van der Waals surface area contributed by atoms with Crippen molar-refractivity contribution < 1.29 is 9.59 Å². The van der Waals surface area contributed by atoms with E-state index in [2.05, 4.69) is 15.6 Å². The average molecular weight is 406 g/mol. The van der Waals surface area contributed by atoms with Gasteiger partial charge < -0.3 is 20.4 Å². The quantitative estimate of drug-likeness (QED) is 0.542. The van der Waals surface area contributed by atoms with Gasteiger partial charge in [-0.3, -0.25) is 14.6 Å². The molecule has 164 valence electrons. The lowest BCUT2D eigenvalue weighted by molar-refractivity contribution is -0.139. The van der Waals surface area contributed by atoms with Crippen LogP contribution in [0.4, 0.5) is 0 Å². The van der Waals surface area contributed by atoms with Crippen LogP contribution >= 0.6 is 0 Å². The molecule has 2 saturated carbocycles. The zero-order valence-corrected chi connectivity index (χ0v) is 18.5. The summed E-state index contributed by atoms with van der Waals surface area (Å²) in [5, 5.41) is 6.89. The largest absolute Gasteiger partial charge is 0.355 e. The van der Waals surface area contributed by atoms with Gasteiger partial charge in [-0.25, -0.2) is 0 Å². The fourth-order valence-electron chi connectivity index (χ4n) is 5.32. The van der Waals surface area contributed by atoms with Crippen molar-refractivity contribution in [2.45, 2.75) is 70.3 Å². The molecule has 2 aliphatic carbocycles. The van der Waals surface area contributed by atoms with Crippen molar-refractivity contribution >= 4 is 17.8 Å². The third-order valence-electron chi connectivity index (χ3n) is 7.03. The fraction of sp³-hybridized carbons (Fsp3) is 0.864. The molecule has 1 saturated heterocycles. The van der Waals surface area contributed by atoms with Crippen LogP contribution in [0.5, 0.6) is 0 Å². The smallest absolute Gasteiger partial charge is 0.230 e. The van der Waals surface area contributed by atoms with Crippen molar-refractivity contribution in [3.63, 3.8) is 0 Å². The summed E-state index contributed by atoms with van der Waals surface area (Å²) in [5.74, 6) is 1.53. The number of amides is 2. The highest BCUT2D eigenvalue weighted by atomic mass is 16.2. The standard InChI is InChI=1S/C22H39N5O2/c1-23-21(24-16-22(12-7-8-13-22)20(29)26(2)3)25-18-11-14-27(15-18)19(28)17-9-5-4-6-10-17/h17-18H,4-16H2,1-3H3,(H2,23,24,25). The van der Waals surface area contributed by atoms with Gasteiger partial charge in [-0.1, -0.05) is 32.1 Å². The molecule has 3 aliphatic rings. The zero-order chi connectivity index (χ0) is 20.9. The van der Waals surface area contributed by atoms with Crippen molar-refractivity contribution in [1.82, 2.24) is 20.4 Å². The monoisotopic (exact) mass is 405 g/mol. The van der Waals surface area contributed by atoms with Crippen molar-refractivity contribution in [2.24, 2.45) is 16.3 Å². The summed E-state index contributed by atoms with van der Waals surface area (Å²) in [6, 6.07) is 0.220. The van der Waals surface area contributed by atoms with Crippen LogP contribution in [0.1, 0.15) is 64.2 Å². The van der Waals surface area contributed by atoms with E-state index in [-0.39, 0.29) is 23.3 Å². The number of guanidine groups is 1. The summed E-state index contributed by atoms with van der Waals surface area (Å²) in [6.07, 6.45) is 10.8. The number of carbonyl (C=O) groups excluding carboxylic acids is 2. The van der Waals surface area contributed by atoms with E-state index in [0.717, 1.165) is 64.0 Å². The predicted molar refractivity (Wildman–Crippen MR) is 116 cm³/mol. The first kappa shape index (κ1) is 21.9. The maximum Gasteiger partial charge on any atom is 0.230 e. The summed E-state index contributed by atoms with van der Waals surface area (Å²) in [7, 11) is 5.45. The van der Waals surface area contributed by atoms with E-state index in [9.17, 15) is 9.59 Å². The molecule has 7 heteroatoms. The number of carbonyl (C=O) groups is 2. The lowest BCUT2D eigenvalue weighted by atomic mass is 9.84. The second-order valence-corrected chi connectivity index (χ2v) is 9.36. The van der Waals surface area contributed by atoms with Crippen LogP contribution in [0.15, 0.2) is 4.99 Å². The highest BCUT2D eigenvalue weighted by Crippen LogP contribution is 2.38. The molecule has 1 unspecified atom stereocenters. The summed E-state index contributed by atoms with van der Waals surface area (Å²) in [4.78, 5) is 33.7. The van der Waals surface area contributed by atoms with E-state index >= 15 is 0 Å². The second-order valence-electron chi connectivity index (χ2n) is 9.36.